The predicted molar refractivity (Wildman–Crippen MR) is 99.9 cm³/mol. The van der Waals surface area contributed by atoms with Crippen LogP contribution >= 0.6 is 0 Å². The number of anilines is 1. The molecule has 0 unspecified atom stereocenters. The number of aryl methyl sites for hydroxylation is 1. The smallest absolute Gasteiger partial charge is 0.168 e. The van der Waals surface area contributed by atoms with Crippen LogP contribution in [0.1, 0.15) is 24.1 Å². The number of nitrogens with one attached hydrogen (secondary N) is 1. The first-order valence-corrected chi connectivity index (χ1v) is 8.29. The number of hydrogen-bond acceptors (Lipinski definition) is 4. The molecule has 4 rings (SSSR count). The molecule has 1 atom stereocenters. The average Bonchev–Trinajstić information content (AvgIpc) is 3.08. The van der Waals surface area contributed by atoms with Crippen LogP contribution in [-0.2, 0) is 0 Å². The highest BCUT2D eigenvalue weighted by molar-refractivity contribution is 5.87. The number of hydrogen-bond donors (Lipinski definition) is 1. The normalized spacial score (nSPS) is 12.2. The standard InChI is InChI=1S/C20H19N5/c1-14-8-10-17(11-9-14)25-20-18(12-23-25)19(21-13-22-20)24-15(2)16-6-4-3-5-7-16/h3-13,15H,1-2H3,(H,21,22,24)/t15-/m1/s1. The molecule has 2 aromatic heterocycles. The molecule has 0 fully saturated rings. The van der Waals surface area contributed by atoms with Crippen molar-refractivity contribution in [3.8, 4) is 5.69 Å². The van der Waals surface area contributed by atoms with Crippen LogP contribution in [0.3, 0.4) is 0 Å². The number of fused-ring (bicyclic) bond motifs is 1. The molecule has 2 heterocycles. The Morgan fingerprint density at radius 3 is 2.48 bits per heavy atom. The molecule has 4 aromatic rings. The molecule has 0 spiro atoms. The third kappa shape index (κ3) is 2.96. The molecule has 0 aliphatic rings. The van der Waals surface area contributed by atoms with Gasteiger partial charge in [-0.25, -0.2) is 14.6 Å². The second-order valence-corrected chi connectivity index (χ2v) is 6.13. The van der Waals surface area contributed by atoms with Gasteiger partial charge in [0.05, 0.1) is 17.3 Å². The predicted octanol–water partition coefficient (Wildman–Crippen LogP) is 4.30. The van der Waals surface area contributed by atoms with Gasteiger partial charge in [-0.1, -0.05) is 48.0 Å². The number of benzene rings is 2. The van der Waals surface area contributed by atoms with E-state index in [1.165, 1.54) is 11.1 Å². The Morgan fingerprint density at radius 2 is 1.72 bits per heavy atom. The lowest BCUT2D eigenvalue weighted by molar-refractivity contribution is 0.873. The molecule has 0 amide bonds. The number of rotatable bonds is 4. The fourth-order valence-electron chi connectivity index (χ4n) is 2.86. The zero-order valence-corrected chi connectivity index (χ0v) is 14.2. The van der Waals surface area contributed by atoms with Crippen LogP contribution in [0.15, 0.2) is 67.1 Å². The van der Waals surface area contributed by atoms with Gasteiger partial charge in [-0.3, -0.25) is 0 Å². The minimum absolute atomic E-state index is 0.141. The van der Waals surface area contributed by atoms with Crippen molar-refractivity contribution < 1.29 is 0 Å². The molecular formula is C20H19N5. The van der Waals surface area contributed by atoms with Gasteiger partial charge in [0.15, 0.2) is 5.65 Å². The molecule has 0 radical (unpaired) electrons. The van der Waals surface area contributed by atoms with Crippen LogP contribution in [0.2, 0.25) is 0 Å². The summed E-state index contributed by atoms with van der Waals surface area (Å²) in [6.07, 6.45) is 3.39. The maximum absolute atomic E-state index is 4.51. The molecule has 0 bridgehead atoms. The fourth-order valence-corrected chi connectivity index (χ4v) is 2.86. The highest BCUT2D eigenvalue weighted by Gasteiger charge is 2.13. The van der Waals surface area contributed by atoms with Gasteiger partial charge in [-0.15, -0.1) is 0 Å². The zero-order valence-electron chi connectivity index (χ0n) is 14.2. The molecule has 124 valence electrons. The topological polar surface area (TPSA) is 55.6 Å². The SMILES string of the molecule is Cc1ccc(-n2ncc3c(N[C@H](C)c4ccccc4)ncnc32)cc1. The minimum atomic E-state index is 0.141. The Labute approximate surface area is 146 Å². The van der Waals surface area contributed by atoms with E-state index < -0.39 is 0 Å². The zero-order chi connectivity index (χ0) is 17.2. The summed E-state index contributed by atoms with van der Waals surface area (Å²) in [7, 11) is 0. The second-order valence-electron chi connectivity index (χ2n) is 6.13. The van der Waals surface area contributed by atoms with E-state index in [-0.39, 0.29) is 6.04 Å². The Hall–Kier alpha value is -3.21. The molecule has 5 nitrogen and oxygen atoms in total. The summed E-state index contributed by atoms with van der Waals surface area (Å²) in [5.41, 5.74) is 4.21. The molecular weight excluding hydrogens is 310 g/mol. The summed E-state index contributed by atoms with van der Waals surface area (Å²) < 4.78 is 1.84. The molecule has 5 heteroatoms. The van der Waals surface area contributed by atoms with Crippen LogP contribution in [-0.4, -0.2) is 19.7 Å². The lowest BCUT2D eigenvalue weighted by Crippen LogP contribution is -2.08. The van der Waals surface area contributed by atoms with Gasteiger partial charge in [-0.05, 0) is 31.5 Å². The van der Waals surface area contributed by atoms with Gasteiger partial charge < -0.3 is 5.32 Å². The van der Waals surface area contributed by atoms with Gasteiger partial charge in [0.2, 0.25) is 0 Å². The summed E-state index contributed by atoms with van der Waals surface area (Å²) in [5, 5.41) is 8.89. The van der Waals surface area contributed by atoms with Crippen molar-refractivity contribution >= 4 is 16.9 Å². The summed E-state index contributed by atoms with van der Waals surface area (Å²) in [4.78, 5) is 8.85. The van der Waals surface area contributed by atoms with Gasteiger partial charge >= 0.3 is 0 Å². The van der Waals surface area contributed by atoms with Crippen molar-refractivity contribution in [2.45, 2.75) is 19.9 Å². The third-order valence-corrected chi connectivity index (χ3v) is 4.30. The summed E-state index contributed by atoms with van der Waals surface area (Å²) in [5.74, 6) is 0.791. The quantitative estimate of drug-likeness (QED) is 0.606. The van der Waals surface area contributed by atoms with Crippen LogP contribution < -0.4 is 5.32 Å². The van der Waals surface area contributed by atoms with Gasteiger partial charge in [0.1, 0.15) is 12.1 Å². The molecule has 2 aromatic carbocycles. The van der Waals surface area contributed by atoms with E-state index in [0.717, 1.165) is 22.5 Å². The Bertz CT molecular complexity index is 990. The monoisotopic (exact) mass is 329 g/mol. The highest BCUT2D eigenvalue weighted by Crippen LogP contribution is 2.25. The van der Waals surface area contributed by atoms with Crippen LogP contribution in [0.4, 0.5) is 5.82 Å². The van der Waals surface area contributed by atoms with Crippen LogP contribution in [0.5, 0.6) is 0 Å². The van der Waals surface area contributed by atoms with Gasteiger partial charge in [0.25, 0.3) is 0 Å². The van der Waals surface area contributed by atoms with Crippen molar-refractivity contribution in [2.24, 2.45) is 0 Å². The number of nitrogens with zero attached hydrogens (tertiary/aromatic N) is 4. The first-order valence-electron chi connectivity index (χ1n) is 8.29. The van der Waals surface area contributed by atoms with Crippen molar-refractivity contribution in [1.82, 2.24) is 19.7 Å². The first-order chi connectivity index (χ1) is 12.2. The molecule has 25 heavy (non-hydrogen) atoms. The Kier molecular flexibility index (Phi) is 3.90. The van der Waals surface area contributed by atoms with Gasteiger partial charge in [-0.2, -0.15) is 5.10 Å². The summed E-state index contributed by atoms with van der Waals surface area (Å²) in [6, 6.07) is 18.7. The second kappa shape index (κ2) is 6.36. The molecule has 1 N–H and O–H groups in total. The Balaban J connectivity index is 1.71. The molecule has 0 aliphatic carbocycles. The third-order valence-electron chi connectivity index (χ3n) is 4.30. The highest BCUT2D eigenvalue weighted by atomic mass is 15.3. The van der Waals surface area contributed by atoms with Gasteiger partial charge in [0, 0.05) is 6.04 Å². The Morgan fingerprint density at radius 1 is 0.960 bits per heavy atom. The minimum Gasteiger partial charge on any atom is -0.363 e. The number of aromatic nitrogens is 4. The van der Waals surface area contributed by atoms with E-state index in [1.807, 2.05) is 41.2 Å². The average molecular weight is 329 g/mol. The first kappa shape index (κ1) is 15.3. The molecule has 0 aliphatic heterocycles. The maximum atomic E-state index is 4.51. The fraction of sp³-hybridized carbons (Fsp3) is 0.150. The van der Waals surface area contributed by atoms with Crippen LogP contribution in [0.25, 0.3) is 16.7 Å². The van der Waals surface area contributed by atoms with E-state index in [2.05, 4.69) is 58.5 Å². The van der Waals surface area contributed by atoms with E-state index in [9.17, 15) is 0 Å². The lowest BCUT2D eigenvalue weighted by atomic mass is 10.1. The summed E-state index contributed by atoms with van der Waals surface area (Å²) in [6.45, 7) is 4.19. The van der Waals surface area contributed by atoms with Crippen molar-refractivity contribution in [2.75, 3.05) is 5.32 Å². The van der Waals surface area contributed by atoms with Crippen LogP contribution in [0, 0.1) is 6.92 Å². The van der Waals surface area contributed by atoms with Crippen molar-refractivity contribution in [3.05, 3.63) is 78.2 Å². The molecule has 0 saturated heterocycles. The lowest BCUT2D eigenvalue weighted by Gasteiger charge is -2.15. The maximum Gasteiger partial charge on any atom is 0.168 e. The van der Waals surface area contributed by atoms with E-state index in [4.69, 9.17) is 0 Å². The van der Waals surface area contributed by atoms with E-state index >= 15 is 0 Å². The molecule has 0 saturated carbocycles. The van der Waals surface area contributed by atoms with E-state index in [1.54, 1.807) is 6.33 Å². The summed E-state index contributed by atoms with van der Waals surface area (Å²) >= 11 is 0. The largest absolute Gasteiger partial charge is 0.363 e. The van der Waals surface area contributed by atoms with Crippen molar-refractivity contribution in [3.63, 3.8) is 0 Å². The van der Waals surface area contributed by atoms with E-state index in [0.29, 0.717) is 0 Å². The van der Waals surface area contributed by atoms with Crippen molar-refractivity contribution in [1.29, 1.82) is 0 Å².